The first-order valence-electron chi connectivity index (χ1n) is 19.6. The van der Waals surface area contributed by atoms with E-state index < -0.39 is 0 Å². The van der Waals surface area contributed by atoms with Crippen molar-refractivity contribution in [3.05, 3.63) is 212 Å². The molecular weight excluding hydrogens is 691 g/mol. The van der Waals surface area contributed by atoms with Crippen LogP contribution in [0.3, 0.4) is 0 Å². The lowest BCUT2D eigenvalue weighted by Crippen LogP contribution is -2.11. The third-order valence-electron chi connectivity index (χ3n) is 11.8. The predicted molar refractivity (Wildman–Crippen MR) is 241 cm³/mol. The molecule has 0 saturated carbocycles. The molecule has 12 aromatic rings. The number of nitrogens with zero attached hydrogens (tertiary/aromatic N) is 3. The lowest BCUT2D eigenvalue weighted by molar-refractivity contribution is 1.18. The van der Waals surface area contributed by atoms with E-state index in [1.54, 1.807) is 0 Å². The third-order valence-corrected chi connectivity index (χ3v) is 11.8. The second-order valence-electron chi connectivity index (χ2n) is 14.9. The molecule has 0 atom stereocenters. The summed E-state index contributed by atoms with van der Waals surface area (Å²) in [5, 5.41) is 7.45. The van der Waals surface area contributed by atoms with Crippen LogP contribution in [0.4, 0.5) is 17.1 Å². The van der Waals surface area contributed by atoms with E-state index in [4.69, 9.17) is 0 Å². The number of hydrogen-bond acceptors (Lipinski definition) is 1. The van der Waals surface area contributed by atoms with Crippen LogP contribution in [0.5, 0.6) is 0 Å². The van der Waals surface area contributed by atoms with E-state index in [2.05, 4.69) is 226 Å². The van der Waals surface area contributed by atoms with Crippen molar-refractivity contribution in [1.29, 1.82) is 0 Å². The van der Waals surface area contributed by atoms with E-state index in [-0.39, 0.29) is 0 Å². The molecule has 0 aliphatic heterocycles. The number of hydrogen-bond donors (Lipinski definition) is 0. The van der Waals surface area contributed by atoms with Crippen LogP contribution < -0.4 is 4.90 Å². The standard InChI is InChI=1S/C54H35N3/c1-4-17-36(18-5-1)38-33-39(37-19-6-2-7-20-37)35-41(34-38)56(50-30-16-29-49-52(50)44-24-11-14-27-47(44)55(49)40-21-8-3-9-22-40)51-32-31-43-42-23-10-13-26-46(42)57-48-28-15-12-25-45(48)53(51)54(43)57/h1-35H. The lowest BCUT2D eigenvalue weighted by atomic mass is 9.96. The Kier molecular flexibility index (Phi) is 6.93. The van der Waals surface area contributed by atoms with Gasteiger partial charge >= 0.3 is 0 Å². The normalized spacial score (nSPS) is 11.9. The maximum absolute atomic E-state index is 2.54. The molecule has 0 fully saturated rings. The molecule has 3 heteroatoms. The maximum Gasteiger partial charge on any atom is 0.0641 e. The summed E-state index contributed by atoms with van der Waals surface area (Å²) < 4.78 is 4.90. The molecular formula is C54H35N3. The fraction of sp³-hybridized carbons (Fsp3) is 0. The minimum absolute atomic E-state index is 1.10. The minimum Gasteiger partial charge on any atom is -0.309 e. The Labute approximate surface area is 329 Å². The summed E-state index contributed by atoms with van der Waals surface area (Å²) in [6, 6.07) is 77.5. The molecule has 0 radical (unpaired) electrons. The van der Waals surface area contributed by atoms with E-state index in [0.717, 1.165) is 22.7 Å². The van der Waals surface area contributed by atoms with Gasteiger partial charge in [-0.1, -0.05) is 146 Å². The van der Waals surface area contributed by atoms with Gasteiger partial charge in [0.25, 0.3) is 0 Å². The van der Waals surface area contributed by atoms with Crippen LogP contribution in [0.1, 0.15) is 0 Å². The molecule has 3 nitrogen and oxygen atoms in total. The second kappa shape index (κ2) is 12.5. The number of para-hydroxylation sites is 4. The van der Waals surface area contributed by atoms with Crippen molar-refractivity contribution in [2.45, 2.75) is 0 Å². The molecule has 266 valence electrons. The maximum atomic E-state index is 2.54. The van der Waals surface area contributed by atoms with Gasteiger partial charge < -0.3 is 13.9 Å². The van der Waals surface area contributed by atoms with Gasteiger partial charge in [0.15, 0.2) is 0 Å². The molecule has 0 saturated heterocycles. The van der Waals surface area contributed by atoms with Crippen LogP contribution in [-0.2, 0) is 0 Å². The molecule has 3 heterocycles. The summed E-state index contributed by atoms with van der Waals surface area (Å²) in [7, 11) is 0. The van der Waals surface area contributed by atoms with Gasteiger partial charge in [-0.3, -0.25) is 0 Å². The van der Waals surface area contributed by atoms with Crippen LogP contribution in [0.15, 0.2) is 212 Å². The average molecular weight is 726 g/mol. The largest absolute Gasteiger partial charge is 0.309 e. The Balaban J connectivity index is 1.25. The first-order chi connectivity index (χ1) is 28.3. The smallest absolute Gasteiger partial charge is 0.0641 e. The molecule has 0 N–H and O–H groups in total. The van der Waals surface area contributed by atoms with E-state index in [1.165, 1.54) is 82.2 Å². The van der Waals surface area contributed by atoms with Gasteiger partial charge in [0.2, 0.25) is 0 Å². The Hall–Kier alpha value is -7.62. The van der Waals surface area contributed by atoms with Crippen molar-refractivity contribution >= 4 is 77.0 Å². The first-order valence-corrected chi connectivity index (χ1v) is 19.6. The first kappa shape index (κ1) is 31.7. The predicted octanol–water partition coefficient (Wildman–Crippen LogP) is 14.7. The van der Waals surface area contributed by atoms with Crippen LogP contribution in [0, 0.1) is 0 Å². The Morgan fingerprint density at radius 1 is 0.316 bits per heavy atom. The number of rotatable bonds is 6. The fourth-order valence-electron chi connectivity index (χ4n) is 9.41. The van der Waals surface area contributed by atoms with Gasteiger partial charge in [0.1, 0.15) is 0 Å². The highest BCUT2D eigenvalue weighted by Gasteiger charge is 2.27. The SMILES string of the molecule is c1ccc(-c2cc(-c3ccccc3)cc(N(c3cccc4c3c3ccccc3n4-c3ccccc3)c3ccc4c5ccccc5n5c6ccccc6c3c45)c2)cc1. The zero-order chi connectivity index (χ0) is 37.5. The zero-order valence-corrected chi connectivity index (χ0v) is 31.0. The van der Waals surface area contributed by atoms with Gasteiger partial charge in [-0.2, -0.15) is 0 Å². The van der Waals surface area contributed by atoms with Gasteiger partial charge in [-0.05, 0) is 89.0 Å². The monoisotopic (exact) mass is 725 g/mol. The number of benzene rings is 9. The Morgan fingerprint density at radius 3 is 1.49 bits per heavy atom. The van der Waals surface area contributed by atoms with Crippen molar-refractivity contribution in [3.8, 4) is 27.9 Å². The van der Waals surface area contributed by atoms with Crippen molar-refractivity contribution in [3.63, 3.8) is 0 Å². The lowest BCUT2D eigenvalue weighted by Gasteiger charge is -2.29. The summed E-state index contributed by atoms with van der Waals surface area (Å²) in [6.45, 7) is 0. The number of aromatic nitrogens is 2. The van der Waals surface area contributed by atoms with Gasteiger partial charge in [-0.25, -0.2) is 0 Å². The van der Waals surface area contributed by atoms with Gasteiger partial charge in [0, 0.05) is 43.7 Å². The van der Waals surface area contributed by atoms with Crippen molar-refractivity contribution in [2.24, 2.45) is 0 Å². The van der Waals surface area contributed by atoms with Gasteiger partial charge in [0.05, 0.1) is 39.0 Å². The highest BCUT2D eigenvalue weighted by atomic mass is 15.2. The summed E-state index contributed by atoms with van der Waals surface area (Å²) in [6.07, 6.45) is 0. The molecule has 12 rings (SSSR count). The van der Waals surface area contributed by atoms with Crippen molar-refractivity contribution < 1.29 is 0 Å². The molecule has 9 aromatic carbocycles. The fourth-order valence-corrected chi connectivity index (χ4v) is 9.41. The van der Waals surface area contributed by atoms with Crippen molar-refractivity contribution in [2.75, 3.05) is 4.90 Å². The topological polar surface area (TPSA) is 12.6 Å². The second-order valence-corrected chi connectivity index (χ2v) is 14.9. The van der Waals surface area contributed by atoms with E-state index in [1.807, 2.05) is 0 Å². The third kappa shape index (κ3) is 4.73. The molecule has 0 spiro atoms. The zero-order valence-electron chi connectivity index (χ0n) is 31.0. The molecule has 0 aliphatic rings. The number of anilines is 3. The molecule has 0 unspecified atom stereocenters. The molecule has 3 aromatic heterocycles. The van der Waals surface area contributed by atoms with Gasteiger partial charge in [-0.15, -0.1) is 0 Å². The Morgan fingerprint density at radius 2 is 0.825 bits per heavy atom. The molecule has 0 bridgehead atoms. The summed E-state index contributed by atoms with van der Waals surface area (Å²) in [4.78, 5) is 2.54. The number of fused-ring (bicyclic) bond motifs is 9. The quantitative estimate of drug-likeness (QED) is 0.166. The summed E-state index contributed by atoms with van der Waals surface area (Å²) >= 11 is 0. The van der Waals surface area contributed by atoms with Crippen LogP contribution in [0.2, 0.25) is 0 Å². The minimum atomic E-state index is 1.10. The molecule has 57 heavy (non-hydrogen) atoms. The van der Waals surface area contributed by atoms with Crippen LogP contribution in [-0.4, -0.2) is 8.97 Å². The summed E-state index contributed by atoms with van der Waals surface area (Å²) in [5.41, 5.74) is 15.3. The average Bonchev–Trinajstić information content (AvgIpc) is 3.93. The molecule has 0 aliphatic carbocycles. The highest BCUT2D eigenvalue weighted by molar-refractivity contribution is 6.28. The van der Waals surface area contributed by atoms with E-state index >= 15 is 0 Å². The summed E-state index contributed by atoms with van der Waals surface area (Å²) in [5.74, 6) is 0. The van der Waals surface area contributed by atoms with E-state index in [0.29, 0.717) is 0 Å². The van der Waals surface area contributed by atoms with Crippen molar-refractivity contribution in [1.82, 2.24) is 8.97 Å². The van der Waals surface area contributed by atoms with Crippen LogP contribution in [0.25, 0.3) is 87.8 Å². The Bertz CT molecular complexity index is 3390. The highest BCUT2D eigenvalue weighted by Crippen LogP contribution is 2.50. The van der Waals surface area contributed by atoms with Crippen LogP contribution >= 0.6 is 0 Å². The molecule has 0 amide bonds. The van der Waals surface area contributed by atoms with E-state index in [9.17, 15) is 0 Å².